The van der Waals surface area contributed by atoms with Gasteiger partial charge in [-0.2, -0.15) is 0 Å². The van der Waals surface area contributed by atoms with Gasteiger partial charge >= 0.3 is 0 Å². The average molecular weight is 359 g/mol. The number of hydrogen-bond acceptors (Lipinski definition) is 1. The number of fused-ring (bicyclic) bond motifs is 5. The number of rotatable bonds is 4. The van der Waals surface area contributed by atoms with Gasteiger partial charge in [-0.05, 0) is 111 Å². The van der Waals surface area contributed by atoms with Crippen molar-refractivity contribution < 1.29 is 4.79 Å². The summed E-state index contributed by atoms with van der Waals surface area (Å²) in [5.41, 5.74) is 1.23. The van der Waals surface area contributed by atoms with Crippen molar-refractivity contribution >= 4 is 5.78 Å². The minimum atomic E-state index is 0.379. The molecule has 0 spiro atoms. The molecule has 4 aliphatic carbocycles. The van der Waals surface area contributed by atoms with Crippen LogP contribution in [-0.4, -0.2) is 5.78 Å². The Morgan fingerprint density at radius 1 is 0.923 bits per heavy atom. The molecule has 1 nitrogen and oxygen atoms in total. The highest BCUT2D eigenvalue weighted by atomic mass is 16.1. The van der Waals surface area contributed by atoms with Gasteiger partial charge in [0.15, 0.2) is 0 Å². The monoisotopic (exact) mass is 358 g/mol. The molecule has 8 atom stereocenters. The molecule has 0 N–H and O–H groups in total. The molecule has 4 saturated carbocycles. The summed E-state index contributed by atoms with van der Waals surface area (Å²) in [6, 6.07) is 0. The summed E-state index contributed by atoms with van der Waals surface area (Å²) in [4.78, 5) is 11.5. The molecule has 0 amide bonds. The van der Waals surface area contributed by atoms with Gasteiger partial charge in [-0.25, -0.2) is 0 Å². The highest BCUT2D eigenvalue weighted by molar-refractivity contribution is 5.75. The van der Waals surface area contributed by atoms with Crippen molar-refractivity contribution in [1.29, 1.82) is 0 Å². The normalized spacial score (nSPS) is 49.0. The lowest BCUT2D eigenvalue weighted by molar-refractivity contribution is -0.119. The third-order valence-corrected chi connectivity index (χ3v) is 10.3. The summed E-state index contributed by atoms with van der Waals surface area (Å²) in [5, 5.41) is 0. The van der Waals surface area contributed by atoms with Crippen LogP contribution in [0.3, 0.4) is 0 Å². The Labute approximate surface area is 162 Å². The first-order valence-corrected chi connectivity index (χ1v) is 11.9. The van der Waals surface area contributed by atoms with Crippen LogP contribution in [0.5, 0.6) is 0 Å². The molecule has 0 aromatic heterocycles. The summed E-state index contributed by atoms with van der Waals surface area (Å²) in [6.07, 6.45) is 16.9. The zero-order valence-electron chi connectivity index (χ0n) is 17.9. The molecule has 4 fully saturated rings. The van der Waals surface area contributed by atoms with E-state index in [2.05, 4.69) is 20.8 Å². The van der Waals surface area contributed by atoms with Crippen molar-refractivity contribution in [1.82, 2.24) is 0 Å². The smallest absolute Gasteiger partial charge is 0.129 e. The second-order valence-corrected chi connectivity index (χ2v) is 11.3. The van der Waals surface area contributed by atoms with Crippen LogP contribution in [0.25, 0.3) is 0 Å². The number of Topliss-reactive ketones (excluding diaryl/α,β-unsaturated/α-hetero) is 1. The average Bonchev–Trinajstić information content (AvgIpc) is 2.96. The second kappa shape index (κ2) is 6.93. The van der Waals surface area contributed by atoms with Gasteiger partial charge in [0, 0.05) is 6.42 Å². The maximum Gasteiger partial charge on any atom is 0.129 e. The van der Waals surface area contributed by atoms with Crippen LogP contribution in [0.4, 0.5) is 0 Å². The highest BCUT2D eigenvalue weighted by Crippen LogP contribution is 2.68. The fourth-order valence-electron chi connectivity index (χ4n) is 8.90. The molecular formula is C25H42O. The quantitative estimate of drug-likeness (QED) is 0.526. The van der Waals surface area contributed by atoms with Gasteiger partial charge in [0.1, 0.15) is 5.78 Å². The molecule has 0 aliphatic heterocycles. The van der Waals surface area contributed by atoms with Gasteiger partial charge in [-0.15, -0.1) is 0 Å². The van der Waals surface area contributed by atoms with E-state index in [9.17, 15) is 4.79 Å². The summed E-state index contributed by atoms with van der Waals surface area (Å²) < 4.78 is 0. The molecular weight excluding hydrogens is 316 g/mol. The lowest BCUT2D eigenvalue weighted by Crippen LogP contribution is -2.53. The number of hydrogen-bond donors (Lipinski definition) is 0. The van der Waals surface area contributed by atoms with Crippen LogP contribution >= 0.6 is 0 Å². The minimum Gasteiger partial charge on any atom is -0.300 e. The maximum absolute atomic E-state index is 11.5. The SMILES string of the molecule is CC(=O)CC[C@H](C)[C@H]1CC[C@H]2[C@@H]3CC[C@@H]4CCCC[C@]4(C)[C@H]3CC[C@]12C. The van der Waals surface area contributed by atoms with Crippen molar-refractivity contribution in [3.05, 3.63) is 0 Å². The number of ketones is 1. The topological polar surface area (TPSA) is 17.1 Å². The van der Waals surface area contributed by atoms with E-state index in [-0.39, 0.29) is 0 Å². The van der Waals surface area contributed by atoms with Crippen molar-refractivity contribution in [2.24, 2.45) is 46.3 Å². The first-order chi connectivity index (χ1) is 12.4. The summed E-state index contributed by atoms with van der Waals surface area (Å²) in [7, 11) is 0. The fourth-order valence-corrected chi connectivity index (χ4v) is 8.90. The Hall–Kier alpha value is -0.330. The van der Waals surface area contributed by atoms with Crippen LogP contribution in [0.1, 0.15) is 105 Å². The predicted octanol–water partition coefficient (Wildman–Crippen LogP) is 7.04. The van der Waals surface area contributed by atoms with Crippen LogP contribution in [0.15, 0.2) is 0 Å². The lowest BCUT2D eigenvalue weighted by Gasteiger charge is -2.61. The Balaban J connectivity index is 1.52. The Morgan fingerprint density at radius 3 is 2.46 bits per heavy atom. The van der Waals surface area contributed by atoms with Crippen molar-refractivity contribution in [3.63, 3.8) is 0 Å². The van der Waals surface area contributed by atoms with Crippen molar-refractivity contribution in [3.8, 4) is 0 Å². The lowest BCUT2D eigenvalue weighted by atomic mass is 9.44. The zero-order chi connectivity index (χ0) is 18.5. The largest absolute Gasteiger partial charge is 0.300 e. The van der Waals surface area contributed by atoms with Gasteiger partial charge in [-0.1, -0.05) is 33.6 Å². The van der Waals surface area contributed by atoms with Gasteiger partial charge in [-0.3, -0.25) is 0 Å². The van der Waals surface area contributed by atoms with E-state index >= 15 is 0 Å². The molecule has 0 radical (unpaired) electrons. The van der Waals surface area contributed by atoms with E-state index in [4.69, 9.17) is 0 Å². The van der Waals surface area contributed by atoms with E-state index in [0.717, 1.165) is 48.3 Å². The highest BCUT2D eigenvalue weighted by Gasteiger charge is 2.59. The van der Waals surface area contributed by atoms with Crippen molar-refractivity contribution in [2.75, 3.05) is 0 Å². The molecule has 4 rings (SSSR count). The molecule has 4 aliphatic rings. The maximum atomic E-state index is 11.5. The fraction of sp³-hybridized carbons (Fsp3) is 0.960. The molecule has 0 saturated heterocycles. The molecule has 0 bridgehead atoms. The first kappa shape index (κ1) is 19.0. The summed E-state index contributed by atoms with van der Waals surface area (Å²) in [6.45, 7) is 9.57. The van der Waals surface area contributed by atoms with Crippen molar-refractivity contribution in [2.45, 2.75) is 105 Å². The number of carbonyl (C=O) groups excluding carboxylic acids is 1. The molecule has 0 unspecified atom stereocenters. The van der Waals surface area contributed by atoms with E-state index in [1.54, 1.807) is 6.92 Å². The van der Waals surface area contributed by atoms with Crippen LogP contribution in [-0.2, 0) is 4.79 Å². The Bertz CT molecular complexity index is 538. The Morgan fingerprint density at radius 2 is 1.69 bits per heavy atom. The Kier molecular flexibility index (Phi) is 5.06. The minimum absolute atomic E-state index is 0.379. The van der Waals surface area contributed by atoms with E-state index in [0.29, 0.717) is 16.6 Å². The first-order valence-electron chi connectivity index (χ1n) is 11.9. The molecule has 0 heterocycles. The van der Waals surface area contributed by atoms with E-state index < -0.39 is 0 Å². The third kappa shape index (κ3) is 2.91. The molecule has 1 heteroatoms. The van der Waals surface area contributed by atoms with Gasteiger partial charge in [0.05, 0.1) is 0 Å². The second-order valence-electron chi connectivity index (χ2n) is 11.3. The van der Waals surface area contributed by atoms with Gasteiger partial charge in [0.2, 0.25) is 0 Å². The van der Waals surface area contributed by atoms with Crippen LogP contribution in [0.2, 0.25) is 0 Å². The third-order valence-electron chi connectivity index (χ3n) is 10.3. The predicted molar refractivity (Wildman–Crippen MR) is 109 cm³/mol. The van der Waals surface area contributed by atoms with Gasteiger partial charge < -0.3 is 4.79 Å². The van der Waals surface area contributed by atoms with Crippen LogP contribution in [0, 0.1) is 46.3 Å². The molecule has 0 aromatic rings. The molecule has 0 aromatic carbocycles. The number of carbonyl (C=O) groups is 1. The van der Waals surface area contributed by atoms with E-state index in [1.807, 2.05) is 0 Å². The standard InChI is InChI=1S/C25H42O/c1-17(8-9-18(2)26)21-12-13-22-20-11-10-19-7-5-6-15-24(19,3)23(20)14-16-25(21,22)4/h17,19-23H,5-16H2,1-4H3/t17-,19-,20-,21+,22-,23-,24-,25+/m0/s1. The molecule has 26 heavy (non-hydrogen) atoms. The summed E-state index contributed by atoms with van der Waals surface area (Å²) in [5.74, 6) is 6.02. The van der Waals surface area contributed by atoms with Gasteiger partial charge in [0.25, 0.3) is 0 Å². The zero-order valence-corrected chi connectivity index (χ0v) is 17.9. The molecule has 148 valence electrons. The summed E-state index contributed by atoms with van der Waals surface area (Å²) >= 11 is 0. The van der Waals surface area contributed by atoms with Crippen LogP contribution < -0.4 is 0 Å². The van der Waals surface area contributed by atoms with E-state index in [1.165, 1.54) is 64.2 Å².